The van der Waals surface area contributed by atoms with Crippen molar-refractivity contribution in [2.24, 2.45) is 11.7 Å². The average molecular weight is 311 g/mol. The fraction of sp³-hybridized carbons (Fsp3) is 0.222. The van der Waals surface area contributed by atoms with E-state index in [0.717, 1.165) is 16.1 Å². The number of hydrogen-bond acceptors (Lipinski definition) is 3. The predicted octanol–water partition coefficient (Wildman–Crippen LogP) is 3.04. The summed E-state index contributed by atoms with van der Waals surface area (Å²) in [4.78, 5) is 24.4. The third kappa shape index (κ3) is 4.17. The van der Waals surface area contributed by atoms with Gasteiger partial charge in [0.05, 0.1) is 0 Å². The van der Waals surface area contributed by atoms with Crippen LogP contribution < -0.4 is 11.2 Å². The molecular formula is C18H21N3O2. The van der Waals surface area contributed by atoms with Crippen molar-refractivity contribution in [3.05, 3.63) is 60.2 Å². The van der Waals surface area contributed by atoms with E-state index < -0.39 is 11.9 Å². The summed E-state index contributed by atoms with van der Waals surface area (Å²) in [6.45, 7) is 4.44. The maximum absolute atomic E-state index is 12.8. The Labute approximate surface area is 136 Å². The van der Waals surface area contributed by atoms with Crippen LogP contribution in [0.15, 0.2) is 54.6 Å². The molecule has 0 heterocycles. The van der Waals surface area contributed by atoms with E-state index in [1.807, 2.05) is 56.3 Å². The van der Waals surface area contributed by atoms with Gasteiger partial charge in [-0.2, -0.15) is 5.01 Å². The highest BCUT2D eigenvalue weighted by atomic mass is 16.2. The molecule has 0 saturated heterocycles. The van der Waals surface area contributed by atoms with Crippen LogP contribution in [0.2, 0.25) is 0 Å². The van der Waals surface area contributed by atoms with Gasteiger partial charge in [0, 0.05) is 12.1 Å². The number of nitrogens with zero attached hydrogens (tertiary/aromatic N) is 1. The monoisotopic (exact) mass is 311 g/mol. The second kappa shape index (κ2) is 7.56. The van der Waals surface area contributed by atoms with Gasteiger partial charge in [-0.1, -0.05) is 62.4 Å². The molecule has 0 atom stereocenters. The molecular weight excluding hydrogens is 290 g/mol. The van der Waals surface area contributed by atoms with Crippen molar-refractivity contribution in [1.82, 2.24) is 10.4 Å². The third-order valence-electron chi connectivity index (χ3n) is 3.32. The zero-order chi connectivity index (χ0) is 16.8. The normalized spacial score (nSPS) is 10.6. The highest BCUT2D eigenvalue weighted by molar-refractivity contribution is 6.07. The van der Waals surface area contributed by atoms with Crippen LogP contribution in [-0.2, 0) is 0 Å². The molecule has 0 spiro atoms. The molecule has 0 bridgehead atoms. The van der Waals surface area contributed by atoms with Crippen LogP contribution in [0.1, 0.15) is 24.2 Å². The molecule has 0 saturated carbocycles. The predicted molar refractivity (Wildman–Crippen MR) is 90.5 cm³/mol. The Bertz CT molecular complexity index is 684. The number of rotatable bonds is 5. The number of carbonyl (C=O) groups is 2. The third-order valence-corrected chi connectivity index (χ3v) is 3.32. The Morgan fingerprint density at radius 2 is 1.65 bits per heavy atom. The summed E-state index contributed by atoms with van der Waals surface area (Å²) < 4.78 is 0. The Kier molecular flexibility index (Phi) is 5.49. The van der Waals surface area contributed by atoms with Gasteiger partial charge in [-0.05, 0) is 23.1 Å². The minimum Gasteiger partial charge on any atom is -0.350 e. The highest BCUT2D eigenvalue weighted by Gasteiger charge is 2.23. The fourth-order valence-corrected chi connectivity index (χ4v) is 2.18. The van der Waals surface area contributed by atoms with E-state index in [9.17, 15) is 9.59 Å². The van der Waals surface area contributed by atoms with Crippen molar-refractivity contribution in [3.63, 3.8) is 0 Å². The van der Waals surface area contributed by atoms with Crippen molar-refractivity contribution in [2.75, 3.05) is 6.54 Å². The summed E-state index contributed by atoms with van der Waals surface area (Å²) in [5, 5.41) is 0.877. The van der Waals surface area contributed by atoms with Gasteiger partial charge in [0.25, 0.3) is 5.91 Å². The fourth-order valence-electron chi connectivity index (χ4n) is 2.18. The van der Waals surface area contributed by atoms with Gasteiger partial charge in [0.1, 0.15) is 0 Å². The topological polar surface area (TPSA) is 75.4 Å². The van der Waals surface area contributed by atoms with Gasteiger partial charge in [-0.25, -0.2) is 10.2 Å². The summed E-state index contributed by atoms with van der Waals surface area (Å²) in [7, 11) is 0. The lowest BCUT2D eigenvalue weighted by Crippen LogP contribution is -2.51. The molecule has 0 unspecified atom stereocenters. The lowest BCUT2D eigenvalue weighted by molar-refractivity contribution is 0.0731. The maximum atomic E-state index is 12.8. The molecule has 2 rings (SSSR count). The average Bonchev–Trinajstić information content (AvgIpc) is 2.55. The molecule has 2 aromatic carbocycles. The highest BCUT2D eigenvalue weighted by Crippen LogP contribution is 2.24. The van der Waals surface area contributed by atoms with Gasteiger partial charge in [0.15, 0.2) is 0 Å². The van der Waals surface area contributed by atoms with Gasteiger partial charge < -0.3 is 5.73 Å². The quantitative estimate of drug-likeness (QED) is 0.833. The van der Waals surface area contributed by atoms with E-state index in [1.165, 1.54) is 0 Å². The number of primary amides is 1. The van der Waals surface area contributed by atoms with E-state index in [0.29, 0.717) is 12.1 Å². The van der Waals surface area contributed by atoms with Gasteiger partial charge in [-0.15, -0.1) is 0 Å². The van der Waals surface area contributed by atoms with Crippen LogP contribution in [0.4, 0.5) is 4.79 Å². The minimum atomic E-state index is -0.821. The first-order chi connectivity index (χ1) is 11.0. The first kappa shape index (κ1) is 16.7. The van der Waals surface area contributed by atoms with Crippen molar-refractivity contribution in [3.8, 4) is 11.1 Å². The second-order valence-electron chi connectivity index (χ2n) is 5.65. The van der Waals surface area contributed by atoms with Gasteiger partial charge in [0.2, 0.25) is 0 Å². The number of carbonyl (C=O) groups excluding carboxylic acids is 2. The minimum absolute atomic E-state index is 0.272. The Morgan fingerprint density at radius 1 is 1.04 bits per heavy atom. The van der Waals surface area contributed by atoms with Crippen LogP contribution >= 0.6 is 0 Å². The lowest BCUT2D eigenvalue weighted by Gasteiger charge is -2.22. The SMILES string of the molecule is CC(C)CNN(C(N)=O)C(=O)c1ccccc1-c1ccccc1. The van der Waals surface area contributed by atoms with Crippen LogP contribution in [0.5, 0.6) is 0 Å². The molecule has 0 aliphatic heterocycles. The van der Waals surface area contributed by atoms with Crippen LogP contribution in [0.3, 0.4) is 0 Å². The molecule has 120 valence electrons. The zero-order valence-corrected chi connectivity index (χ0v) is 13.3. The summed E-state index contributed by atoms with van der Waals surface area (Å²) in [5.41, 5.74) is 10.3. The van der Waals surface area contributed by atoms with Crippen LogP contribution in [0.25, 0.3) is 11.1 Å². The molecule has 5 heteroatoms. The standard InChI is InChI=1S/C18H21N3O2/c1-13(2)12-20-21(18(19)23)17(22)16-11-7-6-10-15(16)14-8-4-3-5-9-14/h3-11,13,20H,12H2,1-2H3,(H2,19,23). The molecule has 3 N–H and O–H groups in total. The first-order valence-electron chi connectivity index (χ1n) is 7.52. The molecule has 5 nitrogen and oxygen atoms in total. The summed E-state index contributed by atoms with van der Waals surface area (Å²) in [6, 6.07) is 15.9. The number of amides is 3. The van der Waals surface area contributed by atoms with Crippen molar-refractivity contribution in [1.29, 1.82) is 0 Å². The van der Waals surface area contributed by atoms with Crippen molar-refractivity contribution in [2.45, 2.75) is 13.8 Å². The number of urea groups is 1. The smallest absolute Gasteiger partial charge is 0.336 e. The number of hydrogen-bond donors (Lipinski definition) is 2. The number of nitrogens with two attached hydrogens (primary N) is 1. The number of benzene rings is 2. The van der Waals surface area contributed by atoms with E-state index in [-0.39, 0.29) is 5.92 Å². The maximum Gasteiger partial charge on any atom is 0.336 e. The number of hydrazine groups is 1. The molecule has 0 aromatic heterocycles. The first-order valence-corrected chi connectivity index (χ1v) is 7.52. The number of nitrogens with one attached hydrogen (secondary N) is 1. The molecule has 3 amide bonds. The molecule has 0 aliphatic rings. The van der Waals surface area contributed by atoms with E-state index in [4.69, 9.17) is 5.73 Å². The Hall–Kier alpha value is -2.66. The molecule has 0 radical (unpaired) electrons. The van der Waals surface area contributed by atoms with E-state index >= 15 is 0 Å². The number of imide groups is 1. The second-order valence-corrected chi connectivity index (χ2v) is 5.65. The van der Waals surface area contributed by atoms with E-state index in [1.54, 1.807) is 12.1 Å². The summed E-state index contributed by atoms with van der Waals surface area (Å²) in [5.74, 6) is -0.188. The van der Waals surface area contributed by atoms with Gasteiger partial charge in [-0.3, -0.25) is 4.79 Å². The molecule has 0 aliphatic carbocycles. The van der Waals surface area contributed by atoms with E-state index in [2.05, 4.69) is 5.43 Å². The summed E-state index contributed by atoms with van der Waals surface area (Å²) >= 11 is 0. The largest absolute Gasteiger partial charge is 0.350 e. The van der Waals surface area contributed by atoms with Crippen LogP contribution in [-0.4, -0.2) is 23.5 Å². The molecule has 23 heavy (non-hydrogen) atoms. The lowest BCUT2D eigenvalue weighted by atomic mass is 9.99. The molecule has 0 fully saturated rings. The molecule has 2 aromatic rings. The Balaban J connectivity index is 2.36. The summed E-state index contributed by atoms with van der Waals surface area (Å²) in [6.07, 6.45) is 0. The van der Waals surface area contributed by atoms with Gasteiger partial charge >= 0.3 is 6.03 Å². The van der Waals surface area contributed by atoms with Crippen LogP contribution in [0, 0.1) is 5.92 Å². The zero-order valence-electron chi connectivity index (χ0n) is 13.3. The Morgan fingerprint density at radius 3 is 2.26 bits per heavy atom. The van der Waals surface area contributed by atoms with Crippen molar-refractivity contribution >= 4 is 11.9 Å². The van der Waals surface area contributed by atoms with Crippen molar-refractivity contribution < 1.29 is 9.59 Å².